The predicted molar refractivity (Wildman–Crippen MR) is 104 cm³/mol. The summed E-state index contributed by atoms with van der Waals surface area (Å²) in [5.41, 5.74) is -3.24. The van der Waals surface area contributed by atoms with Crippen LogP contribution in [0.5, 0.6) is 5.75 Å². The molecule has 1 N–H and O–H groups in total. The average Bonchev–Trinajstić information content (AvgIpc) is 2.52. The summed E-state index contributed by atoms with van der Waals surface area (Å²) < 4.78 is 78.8. The lowest BCUT2D eigenvalue weighted by atomic mass is 9.79. The lowest BCUT2D eigenvalue weighted by molar-refractivity contribution is -0.143. The molecule has 0 unspecified atom stereocenters. The number of rotatable bonds is 2. The summed E-state index contributed by atoms with van der Waals surface area (Å²) in [6.45, 7) is 11.1. The van der Waals surface area contributed by atoms with Gasteiger partial charge in [-0.3, -0.25) is 5.11 Å². The summed E-state index contributed by atoms with van der Waals surface area (Å²) in [5.74, 6) is -0.471. The molecule has 2 rings (SSSR count). The van der Waals surface area contributed by atoms with E-state index in [9.17, 15) is 31.4 Å². The van der Waals surface area contributed by atoms with Gasteiger partial charge >= 0.3 is 12.4 Å². The van der Waals surface area contributed by atoms with Crippen LogP contribution in [0.2, 0.25) is 0 Å². The van der Waals surface area contributed by atoms with Crippen LogP contribution in [0.15, 0.2) is 30.3 Å². The molecule has 0 aliphatic carbocycles. The second kappa shape index (κ2) is 7.39. The van der Waals surface area contributed by atoms with Gasteiger partial charge in [0.15, 0.2) is 0 Å². The third-order valence-corrected chi connectivity index (χ3v) is 4.63. The second-order valence-corrected chi connectivity index (χ2v) is 9.32. The van der Waals surface area contributed by atoms with Gasteiger partial charge in [-0.25, -0.2) is 0 Å². The number of hydrogen-bond donors (Lipinski definition) is 1. The van der Waals surface area contributed by atoms with Crippen LogP contribution in [0.3, 0.4) is 0 Å². The zero-order valence-electron chi connectivity index (χ0n) is 17.6. The number of nitrogens with one attached hydrogen (secondary N) is 1. The SMILES string of the molecule is CC(C)(C)c1cc(Nc2cc(C(F)(F)F)cc(C(F)(F)F)c2)c([O])c(C(C)(C)C)c1. The van der Waals surface area contributed by atoms with Crippen LogP contribution in [0.1, 0.15) is 63.8 Å². The third-order valence-electron chi connectivity index (χ3n) is 4.63. The van der Waals surface area contributed by atoms with Gasteiger partial charge in [-0.15, -0.1) is 0 Å². The molecule has 2 aromatic carbocycles. The molecular weight excluding hydrogens is 408 g/mol. The van der Waals surface area contributed by atoms with Crippen molar-refractivity contribution in [1.29, 1.82) is 0 Å². The molecule has 165 valence electrons. The van der Waals surface area contributed by atoms with Crippen LogP contribution in [-0.4, -0.2) is 0 Å². The van der Waals surface area contributed by atoms with E-state index in [1.54, 1.807) is 6.07 Å². The summed E-state index contributed by atoms with van der Waals surface area (Å²) in [6.07, 6.45) is -9.94. The molecular formula is C22H24F6NO. The van der Waals surface area contributed by atoms with E-state index >= 15 is 0 Å². The molecule has 0 saturated carbocycles. The van der Waals surface area contributed by atoms with Crippen molar-refractivity contribution < 1.29 is 31.4 Å². The minimum absolute atomic E-state index is 0.0510. The zero-order chi connectivity index (χ0) is 23.3. The highest BCUT2D eigenvalue weighted by Crippen LogP contribution is 2.43. The first-order valence-corrected chi connectivity index (χ1v) is 9.22. The molecule has 0 aromatic heterocycles. The van der Waals surface area contributed by atoms with Gasteiger partial charge in [0.25, 0.3) is 0 Å². The second-order valence-electron chi connectivity index (χ2n) is 9.32. The van der Waals surface area contributed by atoms with Gasteiger partial charge in [0.1, 0.15) is 0 Å². The normalized spacial score (nSPS) is 13.5. The fourth-order valence-corrected chi connectivity index (χ4v) is 2.89. The molecule has 2 nitrogen and oxygen atoms in total. The lowest BCUT2D eigenvalue weighted by Gasteiger charge is -2.27. The van der Waals surface area contributed by atoms with E-state index in [-0.39, 0.29) is 11.8 Å². The molecule has 2 aromatic rings. The Hall–Kier alpha value is -2.38. The fourth-order valence-electron chi connectivity index (χ4n) is 2.89. The molecule has 8 heteroatoms. The van der Waals surface area contributed by atoms with Gasteiger partial charge in [-0.1, -0.05) is 47.6 Å². The predicted octanol–water partition coefficient (Wildman–Crippen LogP) is 8.21. The Balaban J connectivity index is 2.70. The Morgan fingerprint density at radius 3 is 1.47 bits per heavy atom. The molecule has 0 spiro atoms. The number of benzene rings is 2. The van der Waals surface area contributed by atoms with Gasteiger partial charge in [-0.05, 0) is 40.7 Å². The van der Waals surface area contributed by atoms with Crippen molar-refractivity contribution in [2.45, 2.75) is 64.7 Å². The van der Waals surface area contributed by atoms with Crippen LogP contribution in [0.4, 0.5) is 37.7 Å². The summed E-state index contributed by atoms with van der Waals surface area (Å²) in [6, 6.07) is 4.39. The van der Waals surface area contributed by atoms with E-state index < -0.39 is 45.7 Å². The molecule has 0 amide bonds. The Morgan fingerprint density at radius 2 is 1.10 bits per heavy atom. The average molecular weight is 432 g/mol. The van der Waals surface area contributed by atoms with Gasteiger partial charge < -0.3 is 5.32 Å². The van der Waals surface area contributed by atoms with Crippen molar-refractivity contribution in [3.05, 3.63) is 52.6 Å². The summed E-state index contributed by atoms with van der Waals surface area (Å²) in [5, 5.41) is 15.5. The topological polar surface area (TPSA) is 31.9 Å². The number of hydrogen-bond acceptors (Lipinski definition) is 1. The Morgan fingerprint density at radius 1 is 0.633 bits per heavy atom. The highest BCUT2D eigenvalue weighted by molar-refractivity contribution is 5.71. The highest BCUT2D eigenvalue weighted by Gasteiger charge is 2.37. The van der Waals surface area contributed by atoms with Crippen LogP contribution >= 0.6 is 0 Å². The van der Waals surface area contributed by atoms with Gasteiger partial charge in [0.2, 0.25) is 5.75 Å². The lowest BCUT2D eigenvalue weighted by Crippen LogP contribution is -2.17. The molecule has 0 aliphatic heterocycles. The summed E-state index contributed by atoms with van der Waals surface area (Å²) in [4.78, 5) is 0. The molecule has 0 saturated heterocycles. The standard InChI is InChI=1S/C22H24F6NO/c1-19(2,3)12-10-16(20(4,5)6)18(30)17(11-12)29-15-8-13(21(23,24)25)7-14(9-15)22(26,27)28/h7-11,29H,1-6H3. The van der Waals surface area contributed by atoms with Gasteiger partial charge in [-0.2, -0.15) is 26.3 Å². The van der Waals surface area contributed by atoms with Crippen molar-refractivity contribution >= 4 is 11.4 Å². The Labute approximate surface area is 171 Å². The molecule has 0 atom stereocenters. The van der Waals surface area contributed by atoms with Gasteiger partial charge in [0, 0.05) is 11.3 Å². The van der Waals surface area contributed by atoms with E-state index in [1.807, 2.05) is 41.5 Å². The highest BCUT2D eigenvalue weighted by atomic mass is 19.4. The first-order valence-electron chi connectivity index (χ1n) is 9.22. The van der Waals surface area contributed by atoms with Crippen molar-refractivity contribution in [2.75, 3.05) is 5.32 Å². The minimum atomic E-state index is -4.97. The molecule has 1 radical (unpaired) electrons. The largest absolute Gasteiger partial charge is 0.416 e. The van der Waals surface area contributed by atoms with Crippen LogP contribution in [0, 0.1) is 0 Å². The molecule has 0 aliphatic rings. The van der Waals surface area contributed by atoms with E-state index in [4.69, 9.17) is 0 Å². The van der Waals surface area contributed by atoms with Crippen molar-refractivity contribution in [3.8, 4) is 5.75 Å². The van der Waals surface area contributed by atoms with Crippen molar-refractivity contribution in [3.63, 3.8) is 0 Å². The van der Waals surface area contributed by atoms with Crippen LogP contribution in [-0.2, 0) is 28.3 Å². The number of anilines is 2. The smallest absolute Gasteiger partial charge is 0.352 e. The zero-order valence-corrected chi connectivity index (χ0v) is 17.6. The summed E-state index contributed by atoms with van der Waals surface area (Å²) >= 11 is 0. The number of halogens is 6. The molecule has 0 fully saturated rings. The van der Waals surface area contributed by atoms with Gasteiger partial charge in [0.05, 0.1) is 16.8 Å². The fraction of sp³-hybridized carbons (Fsp3) is 0.455. The number of alkyl halides is 6. The Kier molecular flexibility index (Phi) is 5.89. The van der Waals surface area contributed by atoms with Crippen molar-refractivity contribution in [1.82, 2.24) is 0 Å². The molecule has 0 bridgehead atoms. The molecule has 30 heavy (non-hydrogen) atoms. The quantitative estimate of drug-likeness (QED) is 0.477. The van der Waals surface area contributed by atoms with Crippen LogP contribution < -0.4 is 5.32 Å². The van der Waals surface area contributed by atoms with E-state index in [0.717, 1.165) is 5.56 Å². The van der Waals surface area contributed by atoms with Crippen molar-refractivity contribution in [2.24, 2.45) is 0 Å². The maximum Gasteiger partial charge on any atom is 0.416 e. The first kappa shape index (κ1) is 23.9. The molecule has 0 heterocycles. The Bertz CT molecular complexity index is 899. The monoisotopic (exact) mass is 432 g/mol. The van der Waals surface area contributed by atoms with E-state index in [0.29, 0.717) is 17.7 Å². The summed E-state index contributed by atoms with van der Waals surface area (Å²) in [7, 11) is 0. The van der Waals surface area contributed by atoms with E-state index in [1.165, 1.54) is 6.07 Å². The van der Waals surface area contributed by atoms with E-state index in [2.05, 4.69) is 5.32 Å². The third kappa shape index (κ3) is 5.40. The minimum Gasteiger partial charge on any atom is -0.352 e. The van der Waals surface area contributed by atoms with Crippen LogP contribution in [0.25, 0.3) is 0 Å². The first-order chi connectivity index (χ1) is 13.3. The maximum atomic E-state index is 13.1. The maximum absolute atomic E-state index is 13.1.